The first-order valence-electron chi connectivity index (χ1n) is 5.11. The van der Waals surface area contributed by atoms with Crippen molar-refractivity contribution in [3.63, 3.8) is 0 Å². The van der Waals surface area contributed by atoms with Gasteiger partial charge in [0.05, 0.1) is 11.8 Å². The summed E-state index contributed by atoms with van der Waals surface area (Å²) in [5.74, 6) is -0.166. The number of alkyl halides is 1. The molecular weight excluding hydrogens is 197 g/mol. The maximum Gasteiger partial charge on any atom is 0.254 e. The fraction of sp³-hybridized carbons (Fsp3) is 0.600. The standard InChI is InChI=1S/C10H14FN3O/c1-6-9(5-12-14-6)10(15)13-8-3-2-7(11)4-8/h5,7-8H,2-4H2,1H3,(H,12,14)(H,13,15). The van der Waals surface area contributed by atoms with Gasteiger partial charge in [-0.3, -0.25) is 9.89 Å². The van der Waals surface area contributed by atoms with Crippen LogP contribution in [0.4, 0.5) is 4.39 Å². The number of rotatable bonds is 2. The fourth-order valence-corrected chi connectivity index (χ4v) is 1.90. The third kappa shape index (κ3) is 2.16. The molecular formula is C10H14FN3O. The van der Waals surface area contributed by atoms with Crippen LogP contribution in [0, 0.1) is 6.92 Å². The second-order valence-corrected chi connectivity index (χ2v) is 3.99. The van der Waals surface area contributed by atoms with Crippen LogP contribution in [0.2, 0.25) is 0 Å². The molecule has 0 saturated heterocycles. The molecule has 15 heavy (non-hydrogen) atoms. The highest BCUT2D eigenvalue weighted by Crippen LogP contribution is 2.22. The van der Waals surface area contributed by atoms with Crippen LogP contribution < -0.4 is 5.32 Å². The molecule has 2 unspecified atom stereocenters. The molecule has 1 aromatic rings. The van der Waals surface area contributed by atoms with Gasteiger partial charge in [0.15, 0.2) is 0 Å². The molecule has 1 saturated carbocycles. The Kier molecular flexibility index (Phi) is 2.70. The number of hydrogen-bond acceptors (Lipinski definition) is 2. The minimum absolute atomic E-state index is 0.0261. The Balaban J connectivity index is 1.96. The van der Waals surface area contributed by atoms with E-state index in [0.717, 1.165) is 12.1 Å². The van der Waals surface area contributed by atoms with Gasteiger partial charge in [-0.15, -0.1) is 0 Å². The highest BCUT2D eigenvalue weighted by atomic mass is 19.1. The Morgan fingerprint density at radius 3 is 3.00 bits per heavy atom. The minimum atomic E-state index is -0.763. The molecule has 5 heteroatoms. The molecule has 1 amide bonds. The summed E-state index contributed by atoms with van der Waals surface area (Å²) >= 11 is 0. The second-order valence-electron chi connectivity index (χ2n) is 3.99. The molecule has 0 bridgehead atoms. The molecule has 0 aliphatic heterocycles. The van der Waals surface area contributed by atoms with Gasteiger partial charge in [0.25, 0.3) is 5.91 Å². The van der Waals surface area contributed by atoms with Crippen molar-refractivity contribution in [1.29, 1.82) is 0 Å². The van der Waals surface area contributed by atoms with Gasteiger partial charge < -0.3 is 5.32 Å². The molecule has 2 rings (SSSR count). The smallest absolute Gasteiger partial charge is 0.254 e. The lowest BCUT2D eigenvalue weighted by Crippen LogP contribution is -2.33. The van der Waals surface area contributed by atoms with Crippen LogP contribution in [-0.2, 0) is 0 Å². The van der Waals surface area contributed by atoms with Crippen molar-refractivity contribution in [2.24, 2.45) is 0 Å². The van der Waals surface area contributed by atoms with E-state index in [1.807, 2.05) is 0 Å². The number of nitrogens with zero attached hydrogens (tertiary/aromatic N) is 1. The molecule has 1 heterocycles. The summed E-state index contributed by atoms with van der Waals surface area (Å²) in [6.07, 6.45) is 2.44. The quantitative estimate of drug-likeness (QED) is 0.775. The van der Waals surface area contributed by atoms with Crippen molar-refractivity contribution in [3.8, 4) is 0 Å². The summed E-state index contributed by atoms with van der Waals surface area (Å²) in [6.45, 7) is 1.79. The molecule has 2 N–H and O–H groups in total. The van der Waals surface area contributed by atoms with E-state index in [-0.39, 0.29) is 11.9 Å². The van der Waals surface area contributed by atoms with Gasteiger partial charge in [-0.25, -0.2) is 4.39 Å². The van der Waals surface area contributed by atoms with Crippen LogP contribution in [0.5, 0.6) is 0 Å². The predicted molar refractivity (Wildman–Crippen MR) is 53.3 cm³/mol. The number of aryl methyl sites for hydroxylation is 1. The SMILES string of the molecule is Cc1[nH]ncc1C(=O)NC1CCC(F)C1. The van der Waals surface area contributed by atoms with Crippen LogP contribution >= 0.6 is 0 Å². The Labute approximate surface area is 87.3 Å². The van der Waals surface area contributed by atoms with Crippen LogP contribution in [0.3, 0.4) is 0 Å². The van der Waals surface area contributed by atoms with Crippen LogP contribution in [0.25, 0.3) is 0 Å². The zero-order valence-corrected chi connectivity index (χ0v) is 8.59. The Hall–Kier alpha value is -1.39. The number of nitrogens with one attached hydrogen (secondary N) is 2. The van der Waals surface area contributed by atoms with Gasteiger partial charge in [-0.1, -0.05) is 0 Å². The fourth-order valence-electron chi connectivity index (χ4n) is 1.90. The molecule has 1 fully saturated rings. The van der Waals surface area contributed by atoms with Gasteiger partial charge in [0.2, 0.25) is 0 Å². The third-order valence-electron chi connectivity index (χ3n) is 2.78. The molecule has 0 radical (unpaired) electrons. The number of carbonyl (C=O) groups is 1. The molecule has 0 aromatic carbocycles. The zero-order chi connectivity index (χ0) is 10.8. The largest absolute Gasteiger partial charge is 0.349 e. The van der Waals surface area contributed by atoms with E-state index in [2.05, 4.69) is 15.5 Å². The molecule has 2 atom stereocenters. The van der Waals surface area contributed by atoms with E-state index in [4.69, 9.17) is 0 Å². The number of halogens is 1. The van der Waals surface area contributed by atoms with Gasteiger partial charge in [0, 0.05) is 11.7 Å². The summed E-state index contributed by atoms with van der Waals surface area (Å²) < 4.78 is 12.9. The summed E-state index contributed by atoms with van der Waals surface area (Å²) in [4.78, 5) is 11.7. The van der Waals surface area contributed by atoms with Gasteiger partial charge in [-0.2, -0.15) is 5.10 Å². The molecule has 1 aliphatic carbocycles. The van der Waals surface area contributed by atoms with Crippen LogP contribution in [0.15, 0.2) is 6.20 Å². The molecule has 82 valence electrons. The van der Waals surface area contributed by atoms with E-state index in [1.165, 1.54) is 6.20 Å². The molecule has 1 aliphatic rings. The highest BCUT2D eigenvalue weighted by Gasteiger charge is 2.26. The molecule has 1 aromatic heterocycles. The first kappa shape index (κ1) is 10.1. The second kappa shape index (κ2) is 4.00. The van der Waals surface area contributed by atoms with E-state index < -0.39 is 6.17 Å². The zero-order valence-electron chi connectivity index (χ0n) is 8.59. The summed E-state index contributed by atoms with van der Waals surface area (Å²) in [6, 6.07) is -0.0261. The monoisotopic (exact) mass is 211 g/mol. The average Bonchev–Trinajstić information content (AvgIpc) is 2.75. The number of carbonyl (C=O) groups excluding carboxylic acids is 1. The molecule has 4 nitrogen and oxygen atoms in total. The Bertz CT molecular complexity index is 363. The normalized spacial score (nSPS) is 25.5. The first-order valence-corrected chi connectivity index (χ1v) is 5.11. The highest BCUT2D eigenvalue weighted by molar-refractivity contribution is 5.95. The minimum Gasteiger partial charge on any atom is -0.349 e. The van der Waals surface area contributed by atoms with Crippen molar-refractivity contribution in [1.82, 2.24) is 15.5 Å². The lowest BCUT2D eigenvalue weighted by Gasteiger charge is -2.10. The van der Waals surface area contributed by atoms with Crippen molar-refractivity contribution in [3.05, 3.63) is 17.5 Å². The Morgan fingerprint density at radius 2 is 2.47 bits per heavy atom. The first-order chi connectivity index (χ1) is 7.16. The summed E-state index contributed by atoms with van der Waals surface area (Å²) in [5, 5.41) is 9.28. The lowest BCUT2D eigenvalue weighted by atomic mass is 10.2. The number of aromatic amines is 1. The Morgan fingerprint density at radius 1 is 1.67 bits per heavy atom. The average molecular weight is 211 g/mol. The van der Waals surface area contributed by atoms with E-state index in [1.54, 1.807) is 6.92 Å². The van der Waals surface area contributed by atoms with Crippen LogP contribution in [0.1, 0.15) is 35.3 Å². The van der Waals surface area contributed by atoms with E-state index in [0.29, 0.717) is 18.4 Å². The number of aromatic nitrogens is 2. The van der Waals surface area contributed by atoms with Gasteiger partial charge >= 0.3 is 0 Å². The van der Waals surface area contributed by atoms with Crippen molar-refractivity contribution in [2.45, 2.75) is 38.4 Å². The lowest BCUT2D eigenvalue weighted by molar-refractivity contribution is 0.0936. The summed E-state index contributed by atoms with van der Waals surface area (Å²) in [5.41, 5.74) is 1.28. The van der Waals surface area contributed by atoms with E-state index >= 15 is 0 Å². The topological polar surface area (TPSA) is 57.8 Å². The number of H-pyrrole nitrogens is 1. The van der Waals surface area contributed by atoms with Crippen molar-refractivity contribution < 1.29 is 9.18 Å². The van der Waals surface area contributed by atoms with Gasteiger partial charge in [0.1, 0.15) is 6.17 Å². The predicted octanol–water partition coefficient (Wildman–Crippen LogP) is 1.34. The van der Waals surface area contributed by atoms with Crippen LogP contribution in [-0.4, -0.2) is 28.3 Å². The van der Waals surface area contributed by atoms with Crippen molar-refractivity contribution in [2.75, 3.05) is 0 Å². The summed E-state index contributed by atoms with van der Waals surface area (Å²) in [7, 11) is 0. The van der Waals surface area contributed by atoms with Gasteiger partial charge in [-0.05, 0) is 26.2 Å². The third-order valence-corrected chi connectivity index (χ3v) is 2.78. The maximum atomic E-state index is 12.9. The maximum absolute atomic E-state index is 12.9. The molecule has 0 spiro atoms. The van der Waals surface area contributed by atoms with E-state index in [9.17, 15) is 9.18 Å². The number of hydrogen-bond donors (Lipinski definition) is 2. The number of amides is 1. The van der Waals surface area contributed by atoms with Crippen molar-refractivity contribution >= 4 is 5.91 Å².